The van der Waals surface area contributed by atoms with E-state index in [0.29, 0.717) is 11.5 Å². The average molecular weight is 220 g/mol. The van der Waals surface area contributed by atoms with E-state index in [0.717, 1.165) is 0 Å². The average Bonchev–Trinajstić information content (AvgIpc) is 2.28. The van der Waals surface area contributed by atoms with Crippen molar-refractivity contribution in [3.63, 3.8) is 0 Å². The van der Waals surface area contributed by atoms with Crippen LogP contribution in [0.4, 0.5) is 5.69 Å². The number of nitrogens with two attached hydrogens (primary N) is 1. The minimum Gasteiger partial charge on any atom is -0.493 e. The Bertz CT molecular complexity index is 449. The monoisotopic (exact) mass is 220 g/mol. The summed E-state index contributed by atoms with van der Waals surface area (Å²) in [6, 6.07) is 4.77. The Morgan fingerprint density at radius 2 is 1.94 bits per heavy atom. The summed E-state index contributed by atoms with van der Waals surface area (Å²) in [6.07, 6.45) is -0.209. The zero-order valence-electron chi connectivity index (χ0n) is 9.11. The standard InChI is InChI=1S/C11H12N2O3/c1-15-10-5-7(9(14)3-4-12)8(13)6-11(10)16-2/h5-6H,3,13H2,1-2H3. The van der Waals surface area contributed by atoms with Gasteiger partial charge in [0, 0.05) is 17.3 Å². The molecule has 1 aromatic rings. The van der Waals surface area contributed by atoms with Gasteiger partial charge in [-0.1, -0.05) is 0 Å². The molecule has 0 spiro atoms. The first-order valence-electron chi connectivity index (χ1n) is 4.55. The van der Waals surface area contributed by atoms with Crippen LogP contribution in [0, 0.1) is 11.3 Å². The topological polar surface area (TPSA) is 85.3 Å². The summed E-state index contributed by atoms with van der Waals surface area (Å²) in [7, 11) is 2.95. The van der Waals surface area contributed by atoms with Crippen LogP contribution in [-0.4, -0.2) is 20.0 Å². The highest BCUT2D eigenvalue weighted by atomic mass is 16.5. The van der Waals surface area contributed by atoms with Crippen molar-refractivity contribution in [2.45, 2.75) is 6.42 Å². The first-order chi connectivity index (χ1) is 7.63. The maximum atomic E-state index is 11.5. The third-order valence-corrected chi connectivity index (χ3v) is 2.10. The van der Waals surface area contributed by atoms with E-state index in [-0.39, 0.29) is 23.5 Å². The molecule has 2 N–H and O–H groups in total. The van der Waals surface area contributed by atoms with Gasteiger partial charge in [0.15, 0.2) is 17.3 Å². The molecule has 0 aliphatic rings. The molecule has 1 aromatic carbocycles. The van der Waals surface area contributed by atoms with Crippen LogP contribution in [0.2, 0.25) is 0 Å². The fraction of sp³-hybridized carbons (Fsp3) is 0.273. The summed E-state index contributed by atoms with van der Waals surface area (Å²) in [5.41, 5.74) is 6.24. The van der Waals surface area contributed by atoms with Crippen molar-refractivity contribution in [1.29, 1.82) is 5.26 Å². The molecular weight excluding hydrogens is 208 g/mol. The van der Waals surface area contributed by atoms with Gasteiger partial charge in [0.25, 0.3) is 0 Å². The van der Waals surface area contributed by atoms with E-state index in [1.54, 1.807) is 6.07 Å². The number of benzene rings is 1. The van der Waals surface area contributed by atoms with Crippen molar-refractivity contribution in [1.82, 2.24) is 0 Å². The molecule has 5 heteroatoms. The number of carbonyl (C=O) groups is 1. The van der Waals surface area contributed by atoms with E-state index in [2.05, 4.69) is 0 Å². The molecule has 16 heavy (non-hydrogen) atoms. The number of nitrogen functional groups attached to an aromatic ring is 1. The molecule has 0 aliphatic carbocycles. The number of hydrogen-bond acceptors (Lipinski definition) is 5. The molecule has 0 saturated carbocycles. The molecule has 0 atom stereocenters. The van der Waals surface area contributed by atoms with Gasteiger partial charge in [-0.25, -0.2) is 0 Å². The summed E-state index contributed by atoms with van der Waals surface area (Å²) in [5, 5.41) is 8.45. The van der Waals surface area contributed by atoms with E-state index < -0.39 is 0 Å². The van der Waals surface area contributed by atoms with E-state index in [9.17, 15) is 4.79 Å². The van der Waals surface area contributed by atoms with Crippen LogP contribution < -0.4 is 15.2 Å². The van der Waals surface area contributed by atoms with Crippen LogP contribution in [-0.2, 0) is 0 Å². The molecule has 84 valence electrons. The van der Waals surface area contributed by atoms with Crippen LogP contribution in [0.15, 0.2) is 12.1 Å². The van der Waals surface area contributed by atoms with Crippen LogP contribution in [0.3, 0.4) is 0 Å². The summed E-state index contributed by atoms with van der Waals surface area (Å²) in [5.74, 6) is 0.535. The highest BCUT2D eigenvalue weighted by molar-refractivity contribution is 6.02. The Morgan fingerprint density at radius 1 is 1.38 bits per heavy atom. The first kappa shape index (κ1) is 11.9. The third-order valence-electron chi connectivity index (χ3n) is 2.10. The lowest BCUT2D eigenvalue weighted by molar-refractivity contribution is 0.0998. The van der Waals surface area contributed by atoms with E-state index in [1.165, 1.54) is 26.4 Å². The van der Waals surface area contributed by atoms with Gasteiger partial charge in [-0.05, 0) is 6.07 Å². The SMILES string of the molecule is COc1cc(N)c(C(=O)CC#N)cc1OC. The smallest absolute Gasteiger partial charge is 0.179 e. The Kier molecular flexibility index (Phi) is 3.72. The molecule has 0 fully saturated rings. The Labute approximate surface area is 93.4 Å². The van der Waals surface area contributed by atoms with Crippen molar-refractivity contribution in [3.8, 4) is 17.6 Å². The number of rotatable bonds is 4. The molecule has 0 unspecified atom stereocenters. The van der Waals surface area contributed by atoms with E-state index in [4.69, 9.17) is 20.5 Å². The van der Waals surface area contributed by atoms with Gasteiger partial charge in [-0.2, -0.15) is 5.26 Å². The summed E-state index contributed by atoms with van der Waals surface area (Å²) < 4.78 is 10.1. The molecule has 0 saturated heterocycles. The first-order valence-corrected chi connectivity index (χ1v) is 4.55. The highest BCUT2D eigenvalue weighted by Crippen LogP contribution is 2.32. The van der Waals surface area contributed by atoms with Gasteiger partial charge in [-0.15, -0.1) is 0 Å². The maximum Gasteiger partial charge on any atom is 0.179 e. The van der Waals surface area contributed by atoms with Gasteiger partial charge in [0.2, 0.25) is 0 Å². The van der Waals surface area contributed by atoms with Gasteiger partial charge >= 0.3 is 0 Å². The predicted molar refractivity (Wildman–Crippen MR) is 58.5 cm³/mol. The van der Waals surface area contributed by atoms with Crippen LogP contribution >= 0.6 is 0 Å². The molecule has 5 nitrogen and oxygen atoms in total. The van der Waals surface area contributed by atoms with Crippen molar-refractivity contribution in [2.75, 3.05) is 20.0 Å². The normalized spacial score (nSPS) is 9.31. The molecule has 0 aromatic heterocycles. The minimum absolute atomic E-state index is 0.209. The van der Waals surface area contributed by atoms with Gasteiger partial charge in [0.05, 0.1) is 26.7 Å². The van der Waals surface area contributed by atoms with Crippen molar-refractivity contribution in [3.05, 3.63) is 17.7 Å². The molecule has 0 radical (unpaired) electrons. The second-order valence-electron chi connectivity index (χ2n) is 3.05. The lowest BCUT2D eigenvalue weighted by Gasteiger charge is -2.10. The molecule has 0 amide bonds. The number of hydrogen-bond donors (Lipinski definition) is 1. The number of nitriles is 1. The Morgan fingerprint density at radius 3 is 2.44 bits per heavy atom. The Hall–Kier alpha value is -2.22. The van der Waals surface area contributed by atoms with Crippen molar-refractivity contribution < 1.29 is 14.3 Å². The number of Topliss-reactive ketones (excluding diaryl/α,β-unsaturated/α-hetero) is 1. The van der Waals surface area contributed by atoms with Gasteiger partial charge in [0.1, 0.15) is 0 Å². The molecule has 1 rings (SSSR count). The quantitative estimate of drug-likeness (QED) is 0.612. The highest BCUT2D eigenvalue weighted by Gasteiger charge is 2.14. The lowest BCUT2D eigenvalue weighted by atomic mass is 10.1. The fourth-order valence-corrected chi connectivity index (χ4v) is 1.30. The van der Waals surface area contributed by atoms with E-state index >= 15 is 0 Å². The van der Waals surface area contributed by atoms with Crippen LogP contribution in [0.5, 0.6) is 11.5 Å². The van der Waals surface area contributed by atoms with Crippen LogP contribution in [0.25, 0.3) is 0 Å². The summed E-state index contributed by atoms with van der Waals surface area (Å²) in [6.45, 7) is 0. The number of ketones is 1. The lowest BCUT2D eigenvalue weighted by Crippen LogP contribution is -2.04. The predicted octanol–water partition coefficient (Wildman–Crippen LogP) is 1.38. The molecule has 0 heterocycles. The maximum absolute atomic E-state index is 11.5. The van der Waals surface area contributed by atoms with Crippen molar-refractivity contribution in [2.24, 2.45) is 0 Å². The number of anilines is 1. The minimum atomic E-state index is -0.332. The van der Waals surface area contributed by atoms with Crippen LogP contribution in [0.1, 0.15) is 16.8 Å². The Balaban J connectivity index is 3.22. The van der Waals surface area contributed by atoms with E-state index in [1.807, 2.05) is 0 Å². The van der Waals surface area contributed by atoms with Gasteiger partial charge < -0.3 is 15.2 Å². The number of ether oxygens (including phenoxy) is 2. The zero-order chi connectivity index (χ0) is 12.1. The second kappa shape index (κ2) is 5.03. The molecular formula is C11H12N2O3. The summed E-state index contributed by atoms with van der Waals surface area (Å²) in [4.78, 5) is 11.5. The number of methoxy groups -OCH3 is 2. The largest absolute Gasteiger partial charge is 0.493 e. The van der Waals surface area contributed by atoms with Gasteiger partial charge in [-0.3, -0.25) is 4.79 Å². The molecule has 0 aliphatic heterocycles. The zero-order valence-corrected chi connectivity index (χ0v) is 9.11. The van der Waals surface area contributed by atoms with Crippen molar-refractivity contribution >= 4 is 11.5 Å². The number of nitrogens with zero attached hydrogens (tertiary/aromatic N) is 1. The fourth-order valence-electron chi connectivity index (χ4n) is 1.30. The number of carbonyl (C=O) groups excluding carboxylic acids is 1. The second-order valence-corrected chi connectivity index (χ2v) is 3.05. The summed E-state index contributed by atoms with van der Waals surface area (Å²) >= 11 is 0. The third kappa shape index (κ3) is 2.23. The molecule has 0 bridgehead atoms.